The molecule has 0 radical (unpaired) electrons. The summed E-state index contributed by atoms with van der Waals surface area (Å²) < 4.78 is 5.43. The molecule has 0 saturated heterocycles. The van der Waals surface area contributed by atoms with Gasteiger partial charge in [-0.3, -0.25) is 0 Å². The van der Waals surface area contributed by atoms with Crippen LogP contribution in [0.2, 0.25) is 5.02 Å². The molecule has 29 heavy (non-hydrogen) atoms. The van der Waals surface area contributed by atoms with Crippen LogP contribution in [-0.2, 0) is 0 Å². The molecule has 0 spiro atoms. The van der Waals surface area contributed by atoms with Gasteiger partial charge in [0.1, 0.15) is 0 Å². The fraction of sp³-hybridized carbons (Fsp3) is 0.0870. The molecular formula is C23H17ClN2O3. The summed E-state index contributed by atoms with van der Waals surface area (Å²) in [7, 11) is 0. The third-order valence-corrected chi connectivity index (χ3v) is 5.11. The van der Waals surface area contributed by atoms with Gasteiger partial charge in [0.05, 0.1) is 10.6 Å². The van der Waals surface area contributed by atoms with Crippen molar-refractivity contribution in [2.24, 2.45) is 0 Å². The van der Waals surface area contributed by atoms with Gasteiger partial charge < -0.3 is 9.63 Å². The van der Waals surface area contributed by atoms with Crippen LogP contribution in [0.1, 0.15) is 21.5 Å². The van der Waals surface area contributed by atoms with Gasteiger partial charge in [-0.25, -0.2) is 4.79 Å². The normalized spacial score (nSPS) is 10.9. The zero-order chi connectivity index (χ0) is 20.5. The molecule has 0 aliphatic heterocycles. The van der Waals surface area contributed by atoms with Crippen molar-refractivity contribution in [3.63, 3.8) is 0 Å². The predicted octanol–water partition coefficient (Wildman–Crippen LogP) is 6.04. The second-order valence-electron chi connectivity index (χ2n) is 6.77. The number of hydrogen-bond acceptors (Lipinski definition) is 4. The van der Waals surface area contributed by atoms with Crippen molar-refractivity contribution in [2.75, 3.05) is 0 Å². The molecule has 0 aliphatic rings. The Morgan fingerprint density at radius 1 is 0.931 bits per heavy atom. The second kappa shape index (κ2) is 7.53. The van der Waals surface area contributed by atoms with Crippen molar-refractivity contribution in [3.05, 3.63) is 82.4 Å². The molecule has 1 aromatic heterocycles. The standard InChI is InChI=1S/C23H17ClN2O3/c1-13-5-3-4-6-17(13)18-9-8-16(11-14(18)2)22-25-21(26-29-22)15-7-10-19(23(27)28)20(24)12-15/h3-12H,1-2H3,(H,27,28). The Kier molecular flexibility index (Phi) is 4.91. The van der Waals surface area contributed by atoms with E-state index in [0.717, 1.165) is 16.7 Å². The van der Waals surface area contributed by atoms with Gasteiger partial charge >= 0.3 is 5.97 Å². The lowest BCUT2D eigenvalue weighted by atomic mass is 9.95. The largest absolute Gasteiger partial charge is 0.478 e. The summed E-state index contributed by atoms with van der Waals surface area (Å²) in [5.41, 5.74) is 6.09. The van der Waals surface area contributed by atoms with Crippen LogP contribution in [0.5, 0.6) is 0 Å². The van der Waals surface area contributed by atoms with E-state index in [-0.39, 0.29) is 10.6 Å². The van der Waals surface area contributed by atoms with E-state index < -0.39 is 5.97 Å². The van der Waals surface area contributed by atoms with Crippen molar-refractivity contribution in [3.8, 4) is 34.0 Å². The Morgan fingerprint density at radius 2 is 1.66 bits per heavy atom. The third-order valence-electron chi connectivity index (χ3n) is 4.79. The lowest BCUT2D eigenvalue weighted by molar-refractivity contribution is 0.0697. The van der Waals surface area contributed by atoms with Crippen molar-refractivity contribution >= 4 is 17.6 Å². The van der Waals surface area contributed by atoms with Gasteiger partial charge in [-0.2, -0.15) is 4.98 Å². The van der Waals surface area contributed by atoms with Crippen molar-refractivity contribution in [1.82, 2.24) is 10.1 Å². The lowest BCUT2D eigenvalue weighted by Crippen LogP contribution is -1.97. The van der Waals surface area contributed by atoms with Gasteiger partial charge in [0, 0.05) is 11.1 Å². The number of nitrogens with zero attached hydrogens (tertiary/aromatic N) is 2. The zero-order valence-corrected chi connectivity index (χ0v) is 16.6. The molecule has 144 valence electrons. The highest BCUT2D eigenvalue weighted by Crippen LogP contribution is 2.31. The van der Waals surface area contributed by atoms with Gasteiger partial charge in [0.15, 0.2) is 0 Å². The van der Waals surface area contributed by atoms with Crippen molar-refractivity contribution < 1.29 is 14.4 Å². The fourth-order valence-electron chi connectivity index (χ4n) is 3.26. The van der Waals surface area contributed by atoms with E-state index in [1.165, 1.54) is 23.3 Å². The molecule has 4 rings (SSSR count). The third kappa shape index (κ3) is 3.65. The Balaban J connectivity index is 1.67. The summed E-state index contributed by atoms with van der Waals surface area (Å²) in [6.45, 7) is 4.14. The first-order chi connectivity index (χ1) is 13.9. The molecule has 0 saturated carbocycles. The van der Waals surface area contributed by atoms with Crippen molar-refractivity contribution in [1.29, 1.82) is 0 Å². The average Bonchev–Trinajstić information content (AvgIpc) is 3.18. The number of aromatic nitrogens is 2. The SMILES string of the molecule is Cc1ccccc1-c1ccc(-c2nc(-c3ccc(C(=O)O)c(Cl)c3)no2)cc1C. The second-order valence-corrected chi connectivity index (χ2v) is 7.17. The first kappa shape index (κ1) is 18.9. The number of carbonyl (C=O) groups is 1. The quantitative estimate of drug-likeness (QED) is 0.448. The summed E-state index contributed by atoms with van der Waals surface area (Å²) >= 11 is 6.04. The molecule has 1 N–H and O–H groups in total. The maximum atomic E-state index is 11.1. The van der Waals surface area contributed by atoms with Crippen LogP contribution in [0.4, 0.5) is 0 Å². The molecule has 1 heterocycles. The Bertz CT molecular complexity index is 1230. The highest BCUT2D eigenvalue weighted by atomic mass is 35.5. The van der Waals surface area contributed by atoms with Crippen LogP contribution in [-0.4, -0.2) is 21.2 Å². The first-order valence-electron chi connectivity index (χ1n) is 8.98. The molecule has 3 aromatic carbocycles. The number of benzene rings is 3. The molecule has 0 fully saturated rings. The van der Waals surface area contributed by atoms with Crippen LogP contribution in [0.25, 0.3) is 34.0 Å². The van der Waals surface area contributed by atoms with Crippen LogP contribution >= 0.6 is 11.6 Å². The molecule has 0 bridgehead atoms. The average molecular weight is 405 g/mol. The van der Waals surface area contributed by atoms with Crippen LogP contribution in [0.15, 0.2) is 65.2 Å². The van der Waals surface area contributed by atoms with Gasteiger partial charge in [0.2, 0.25) is 5.82 Å². The van der Waals surface area contributed by atoms with E-state index in [0.29, 0.717) is 17.3 Å². The number of halogens is 1. The highest BCUT2D eigenvalue weighted by Gasteiger charge is 2.15. The van der Waals surface area contributed by atoms with Crippen LogP contribution in [0.3, 0.4) is 0 Å². The van der Waals surface area contributed by atoms with E-state index in [9.17, 15) is 4.79 Å². The molecular weight excluding hydrogens is 388 g/mol. The number of aromatic carboxylic acids is 1. The zero-order valence-electron chi connectivity index (χ0n) is 15.8. The number of aryl methyl sites for hydroxylation is 2. The topological polar surface area (TPSA) is 76.2 Å². The summed E-state index contributed by atoms with van der Waals surface area (Å²) in [5.74, 6) is -0.350. The Morgan fingerprint density at radius 3 is 2.34 bits per heavy atom. The number of hydrogen-bond donors (Lipinski definition) is 1. The summed E-state index contributed by atoms with van der Waals surface area (Å²) in [6, 6.07) is 18.8. The maximum Gasteiger partial charge on any atom is 0.337 e. The van der Waals surface area contributed by atoms with Gasteiger partial charge in [0.25, 0.3) is 5.89 Å². The van der Waals surface area contributed by atoms with E-state index in [1.807, 2.05) is 31.2 Å². The molecule has 5 nitrogen and oxygen atoms in total. The molecule has 0 amide bonds. The molecule has 0 unspecified atom stereocenters. The van der Waals surface area contributed by atoms with E-state index in [4.69, 9.17) is 21.2 Å². The van der Waals surface area contributed by atoms with E-state index in [2.05, 4.69) is 35.3 Å². The van der Waals surface area contributed by atoms with Gasteiger partial charge in [-0.15, -0.1) is 0 Å². The summed E-state index contributed by atoms with van der Waals surface area (Å²) in [5, 5.41) is 13.2. The van der Waals surface area contributed by atoms with Crippen molar-refractivity contribution in [2.45, 2.75) is 13.8 Å². The molecule has 0 aliphatic carbocycles. The number of carboxylic acid groups (broad SMARTS) is 1. The number of carboxylic acids is 1. The lowest BCUT2D eigenvalue weighted by Gasteiger charge is -2.10. The molecule has 4 aromatic rings. The summed E-state index contributed by atoms with van der Waals surface area (Å²) in [4.78, 5) is 15.6. The van der Waals surface area contributed by atoms with Gasteiger partial charge in [-0.1, -0.05) is 53.2 Å². The van der Waals surface area contributed by atoms with E-state index in [1.54, 1.807) is 6.07 Å². The monoisotopic (exact) mass is 404 g/mol. The highest BCUT2D eigenvalue weighted by molar-refractivity contribution is 6.33. The fourth-order valence-corrected chi connectivity index (χ4v) is 3.52. The minimum atomic E-state index is -1.08. The molecule has 0 atom stereocenters. The smallest absolute Gasteiger partial charge is 0.337 e. The minimum absolute atomic E-state index is 0.0292. The van der Waals surface area contributed by atoms with E-state index >= 15 is 0 Å². The predicted molar refractivity (Wildman–Crippen MR) is 112 cm³/mol. The Labute approximate surface area is 172 Å². The first-order valence-corrected chi connectivity index (χ1v) is 9.36. The molecule has 6 heteroatoms. The van der Waals surface area contributed by atoms with Gasteiger partial charge in [-0.05, 0) is 60.4 Å². The number of rotatable bonds is 4. The Hall–Kier alpha value is -3.44. The van der Waals surface area contributed by atoms with Crippen LogP contribution < -0.4 is 0 Å². The summed E-state index contributed by atoms with van der Waals surface area (Å²) in [6.07, 6.45) is 0. The maximum absolute atomic E-state index is 11.1. The van der Waals surface area contributed by atoms with Crippen LogP contribution in [0, 0.1) is 13.8 Å². The minimum Gasteiger partial charge on any atom is -0.478 e.